The van der Waals surface area contributed by atoms with E-state index in [-0.39, 0.29) is 51.4 Å². The zero-order valence-corrected chi connectivity index (χ0v) is 12.3. The average molecular weight is 254 g/mol. The maximum Gasteiger partial charge on any atom is 1.00 e. The zero-order valence-electron chi connectivity index (χ0n) is 9.17. The molecule has 1 aliphatic rings. The predicted octanol–water partition coefficient (Wildman–Crippen LogP) is -1.26. The van der Waals surface area contributed by atoms with Gasteiger partial charge in [-0.1, -0.05) is 6.07 Å². The summed E-state index contributed by atoms with van der Waals surface area (Å²) in [6, 6.07) is 2.17. The van der Waals surface area contributed by atoms with Gasteiger partial charge in [-0.3, -0.25) is 0 Å². The molecule has 2 nitrogen and oxygen atoms in total. The molecule has 0 radical (unpaired) electrons. The fraction of sp³-hybridized carbons (Fsp3) is 0.444. The Hall–Kier alpha value is 0.441. The van der Waals surface area contributed by atoms with Gasteiger partial charge in [-0.2, -0.15) is 0 Å². The molecule has 0 bridgehead atoms. The summed E-state index contributed by atoms with van der Waals surface area (Å²) in [6.07, 6.45) is 3.30. The Bertz CT molecular complexity index is 353. The van der Waals surface area contributed by atoms with Crippen LogP contribution < -0.4 is 61.7 Å². The molecule has 0 amide bonds. The summed E-state index contributed by atoms with van der Waals surface area (Å²) in [7, 11) is 0. The molecule has 0 atom stereocenters. The number of hydrogen-bond acceptors (Lipinski definition) is 2. The van der Waals surface area contributed by atoms with E-state index in [1.165, 1.54) is 6.20 Å². The maximum atomic E-state index is 12.5. The molecule has 0 spiro atoms. The molecule has 82 valence electrons. The number of halogens is 3. The summed E-state index contributed by atoms with van der Waals surface area (Å²) < 4.78 is 37.4. The van der Waals surface area contributed by atoms with E-state index in [0.717, 1.165) is 38.1 Å². The largest absolute Gasteiger partial charge is 1.00 e. The van der Waals surface area contributed by atoms with Crippen molar-refractivity contribution in [1.29, 1.82) is 0 Å². The summed E-state index contributed by atoms with van der Waals surface area (Å²) in [4.78, 5) is 5.86. The van der Waals surface area contributed by atoms with Crippen LogP contribution in [0.2, 0.25) is 0 Å². The predicted molar refractivity (Wildman–Crippen MR) is 54.4 cm³/mol. The molecule has 1 aromatic rings. The minimum atomic E-state index is -4.91. The van der Waals surface area contributed by atoms with Crippen LogP contribution in [0.4, 0.5) is 18.8 Å². The van der Waals surface area contributed by atoms with Crippen molar-refractivity contribution < 1.29 is 64.3 Å². The van der Waals surface area contributed by atoms with Gasteiger partial charge in [-0.25, -0.2) is 4.98 Å². The Morgan fingerprint density at radius 3 is 2.38 bits per heavy atom. The molecule has 1 fully saturated rings. The average Bonchev–Trinajstić information content (AvgIpc) is 2.69. The molecule has 1 aromatic heterocycles. The van der Waals surface area contributed by atoms with E-state index in [1.807, 2.05) is 4.90 Å². The van der Waals surface area contributed by atoms with Gasteiger partial charge in [0.1, 0.15) is 5.82 Å². The third kappa shape index (κ3) is 3.46. The summed E-state index contributed by atoms with van der Waals surface area (Å²) >= 11 is 0. The van der Waals surface area contributed by atoms with Crippen LogP contribution in [-0.2, 0) is 0 Å². The van der Waals surface area contributed by atoms with Crippen molar-refractivity contribution in [2.45, 2.75) is 12.8 Å². The number of aromatic nitrogens is 1. The van der Waals surface area contributed by atoms with Gasteiger partial charge >= 0.3 is 58.4 Å². The van der Waals surface area contributed by atoms with E-state index in [1.54, 1.807) is 0 Å². The van der Waals surface area contributed by atoms with Crippen LogP contribution in [0.1, 0.15) is 12.8 Å². The quantitative estimate of drug-likeness (QED) is 0.612. The molecule has 2 rings (SSSR count). The van der Waals surface area contributed by atoms with Gasteiger partial charge < -0.3 is 17.8 Å². The minimum Gasteiger partial charge on any atom is -0.445 e. The van der Waals surface area contributed by atoms with Crippen molar-refractivity contribution in [3.63, 3.8) is 0 Å². The first-order valence-electron chi connectivity index (χ1n) is 4.98. The van der Waals surface area contributed by atoms with Gasteiger partial charge in [0.15, 0.2) is 0 Å². The van der Waals surface area contributed by atoms with Gasteiger partial charge in [-0.05, 0) is 18.9 Å². The molecule has 2 heterocycles. The van der Waals surface area contributed by atoms with Crippen molar-refractivity contribution in [2.75, 3.05) is 18.0 Å². The SMILES string of the molecule is F[B-](F)(F)c1ccnc(N2CCCC2)c1.[K+]. The van der Waals surface area contributed by atoms with E-state index < -0.39 is 12.4 Å². The summed E-state index contributed by atoms with van der Waals surface area (Å²) in [6.45, 7) is -3.30. The Morgan fingerprint density at radius 1 is 1.19 bits per heavy atom. The van der Waals surface area contributed by atoms with Crippen LogP contribution in [-0.4, -0.2) is 25.1 Å². The first-order chi connectivity index (χ1) is 7.07. The van der Waals surface area contributed by atoms with Crippen molar-refractivity contribution in [3.05, 3.63) is 18.3 Å². The molecular weight excluding hydrogens is 243 g/mol. The van der Waals surface area contributed by atoms with Crippen molar-refractivity contribution in [1.82, 2.24) is 4.98 Å². The number of anilines is 1. The fourth-order valence-corrected chi connectivity index (χ4v) is 1.76. The molecule has 0 unspecified atom stereocenters. The summed E-state index contributed by atoms with van der Waals surface area (Å²) in [5.74, 6) is 0.448. The first kappa shape index (κ1) is 14.5. The molecule has 7 heteroatoms. The Morgan fingerprint density at radius 2 is 1.81 bits per heavy atom. The Balaban J connectivity index is 0.00000128. The molecule has 0 aromatic carbocycles. The smallest absolute Gasteiger partial charge is 0.445 e. The second-order valence-electron chi connectivity index (χ2n) is 3.72. The van der Waals surface area contributed by atoms with E-state index in [4.69, 9.17) is 0 Å². The summed E-state index contributed by atoms with van der Waals surface area (Å²) in [5, 5.41) is 0. The second-order valence-corrected chi connectivity index (χ2v) is 3.72. The number of hydrogen-bond donors (Lipinski definition) is 0. The topological polar surface area (TPSA) is 16.1 Å². The molecule has 0 aliphatic carbocycles. The number of nitrogens with zero attached hydrogens (tertiary/aromatic N) is 2. The normalized spacial score (nSPS) is 16.1. The van der Waals surface area contributed by atoms with Crippen LogP contribution >= 0.6 is 0 Å². The molecule has 1 saturated heterocycles. The van der Waals surface area contributed by atoms with E-state index >= 15 is 0 Å². The van der Waals surface area contributed by atoms with Crippen molar-refractivity contribution in [3.8, 4) is 0 Å². The van der Waals surface area contributed by atoms with Crippen LogP contribution in [0.15, 0.2) is 18.3 Å². The first-order valence-corrected chi connectivity index (χ1v) is 4.98. The number of pyridine rings is 1. The van der Waals surface area contributed by atoms with Gasteiger partial charge in [0, 0.05) is 19.3 Å². The zero-order chi connectivity index (χ0) is 10.9. The molecule has 16 heavy (non-hydrogen) atoms. The van der Waals surface area contributed by atoms with Gasteiger partial charge in [0.25, 0.3) is 0 Å². The van der Waals surface area contributed by atoms with E-state index in [2.05, 4.69) is 4.98 Å². The van der Waals surface area contributed by atoms with E-state index in [0.29, 0.717) is 5.82 Å². The summed E-state index contributed by atoms with van der Waals surface area (Å²) in [5.41, 5.74) is -0.563. The van der Waals surface area contributed by atoms with Crippen LogP contribution in [0.3, 0.4) is 0 Å². The van der Waals surface area contributed by atoms with Crippen LogP contribution in [0.25, 0.3) is 0 Å². The molecule has 0 saturated carbocycles. The second kappa shape index (κ2) is 5.86. The van der Waals surface area contributed by atoms with Gasteiger partial charge in [0.05, 0.1) is 0 Å². The molecule has 0 N–H and O–H groups in total. The van der Waals surface area contributed by atoms with Gasteiger partial charge in [-0.15, -0.1) is 5.46 Å². The molecule has 1 aliphatic heterocycles. The third-order valence-corrected chi connectivity index (χ3v) is 2.58. The van der Waals surface area contributed by atoms with E-state index in [9.17, 15) is 12.9 Å². The Labute approximate surface area is 135 Å². The standard InChI is InChI=1S/C9H11BF3N2.K/c11-10(12,13)8-3-4-14-9(7-8)15-5-1-2-6-15;/h3-4,7H,1-2,5-6H2;/q-1;+1. The number of rotatable bonds is 2. The van der Waals surface area contributed by atoms with Gasteiger partial charge in [0.2, 0.25) is 0 Å². The minimum absolute atomic E-state index is 0. The Kier molecular flexibility index (Phi) is 5.31. The van der Waals surface area contributed by atoms with Crippen molar-refractivity contribution >= 4 is 18.3 Å². The third-order valence-electron chi connectivity index (χ3n) is 2.58. The van der Waals surface area contributed by atoms with Crippen LogP contribution in [0.5, 0.6) is 0 Å². The monoisotopic (exact) mass is 254 g/mol. The molecular formula is C9H11BF3KN2. The van der Waals surface area contributed by atoms with Crippen molar-refractivity contribution in [2.24, 2.45) is 0 Å². The van der Waals surface area contributed by atoms with Crippen LogP contribution in [0, 0.1) is 0 Å². The maximum absolute atomic E-state index is 12.5. The fourth-order valence-electron chi connectivity index (χ4n) is 1.76.